The summed E-state index contributed by atoms with van der Waals surface area (Å²) in [5.41, 5.74) is 4.27. The smallest absolute Gasteiger partial charge is 0.271 e. The monoisotopic (exact) mass is 407 g/mol. The van der Waals surface area contributed by atoms with E-state index in [2.05, 4.69) is 27.8 Å². The highest BCUT2D eigenvalue weighted by molar-refractivity contribution is 7.18. The number of rotatable bonds is 5. The van der Waals surface area contributed by atoms with Gasteiger partial charge in [-0.25, -0.2) is 10.1 Å². The van der Waals surface area contributed by atoms with Gasteiger partial charge in [-0.05, 0) is 42.4 Å². The highest BCUT2D eigenvalue weighted by atomic mass is 32.1. The number of fused-ring (bicyclic) bond motifs is 3. The molecule has 4 rings (SSSR count). The molecular weight excluding hydrogens is 386 g/mol. The van der Waals surface area contributed by atoms with Crippen LogP contribution in [0.5, 0.6) is 0 Å². The van der Waals surface area contributed by atoms with E-state index in [9.17, 15) is 9.59 Å². The van der Waals surface area contributed by atoms with Crippen LogP contribution in [0, 0.1) is 5.92 Å². The van der Waals surface area contributed by atoms with E-state index in [-0.39, 0.29) is 12.1 Å². The van der Waals surface area contributed by atoms with Gasteiger partial charge in [-0.3, -0.25) is 9.59 Å². The van der Waals surface area contributed by atoms with Crippen LogP contribution in [0.2, 0.25) is 0 Å². The van der Waals surface area contributed by atoms with Crippen molar-refractivity contribution in [1.82, 2.24) is 20.4 Å². The summed E-state index contributed by atoms with van der Waals surface area (Å²) in [4.78, 5) is 26.9. The van der Waals surface area contributed by atoms with Crippen molar-refractivity contribution in [1.29, 1.82) is 0 Å². The summed E-state index contributed by atoms with van der Waals surface area (Å²) in [5.74, 6) is 0.188. The number of carbonyl (C=O) groups is 1. The van der Waals surface area contributed by atoms with Gasteiger partial charge in [-0.1, -0.05) is 48.5 Å². The van der Waals surface area contributed by atoms with Gasteiger partial charge in [0.1, 0.15) is 6.54 Å². The predicted molar refractivity (Wildman–Crippen MR) is 115 cm³/mol. The highest BCUT2D eigenvalue weighted by Gasteiger charge is 2.23. The Balaban J connectivity index is 1.43. The zero-order valence-electron chi connectivity index (χ0n) is 16.0. The third-order valence-corrected chi connectivity index (χ3v) is 6.05. The minimum atomic E-state index is -0.428. The Morgan fingerprint density at radius 3 is 3.03 bits per heavy atom. The number of benzene rings is 1. The number of thiophene rings is 1. The van der Waals surface area contributed by atoms with Crippen molar-refractivity contribution >= 4 is 39.8 Å². The molecular formula is C21H21N5O2S. The van der Waals surface area contributed by atoms with Gasteiger partial charge in [0.2, 0.25) is 0 Å². The summed E-state index contributed by atoms with van der Waals surface area (Å²) in [5, 5.41) is 12.6. The Labute approximate surface area is 171 Å². The van der Waals surface area contributed by atoms with Crippen LogP contribution in [0.1, 0.15) is 29.3 Å². The SMILES string of the molecule is CC1CCc2c(sc3nnn(CC(=O)N/N=C\C=C\c4ccccc4)c(=O)c23)C1. The summed E-state index contributed by atoms with van der Waals surface area (Å²) < 4.78 is 1.11. The number of amides is 1. The molecule has 2 aromatic heterocycles. The molecule has 148 valence electrons. The van der Waals surface area contributed by atoms with Crippen LogP contribution in [0.3, 0.4) is 0 Å². The molecule has 7 nitrogen and oxygen atoms in total. The normalized spacial score (nSPS) is 16.5. The number of aromatic nitrogens is 3. The number of allylic oxidation sites excluding steroid dienone is 1. The maximum atomic E-state index is 12.8. The van der Waals surface area contributed by atoms with Crippen LogP contribution in [-0.4, -0.2) is 27.1 Å². The molecule has 29 heavy (non-hydrogen) atoms. The van der Waals surface area contributed by atoms with Gasteiger partial charge in [0.05, 0.1) is 5.39 Å². The maximum absolute atomic E-state index is 12.8. The van der Waals surface area contributed by atoms with Crippen LogP contribution >= 0.6 is 11.3 Å². The largest absolute Gasteiger partial charge is 0.279 e. The first kappa shape index (κ1) is 19.2. The zero-order chi connectivity index (χ0) is 20.2. The van der Waals surface area contributed by atoms with Gasteiger partial charge in [-0.15, -0.1) is 16.4 Å². The van der Waals surface area contributed by atoms with Gasteiger partial charge in [0.15, 0.2) is 4.83 Å². The average Bonchev–Trinajstić information content (AvgIpc) is 3.09. The Morgan fingerprint density at radius 2 is 2.21 bits per heavy atom. The van der Waals surface area contributed by atoms with Crippen LogP contribution in [0.15, 0.2) is 46.3 Å². The molecule has 1 unspecified atom stereocenters. The van der Waals surface area contributed by atoms with Crippen molar-refractivity contribution < 1.29 is 4.79 Å². The van der Waals surface area contributed by atoms with Gasteiger partial charge in [0, 0.05) is 11.1 Å². The van der Waals surface area contributed by atoms with Crippen molar-refractivity contribution in [2.45, 2.75) is 32.7 Å². The molecule has 1 aromatic carbocycles. The van der Waals surface area contributed by atoms with E-state index in [1.807, 2.05) is 36.4 Å². The number of carbonyl (C=O) groups excluding carboxylic acids is 1. The van der Waals surface area contributed by atoms with Crippen LogP contribution in [-0.2, 0) is 24.2 Å². The van der Waals surface area contributed by atoms with Crippen LogP contribution in [0.4, 0.5) is 0 Å². The minimum absolute atomic E-state index is 0.220. The van der Waals surface area contributed by atoms with Crippen LogP contribution < -0.4 is 11.0 Å². The number of hydrazone groups is 1. The third kappa shape index (κ3) is 4.32. The van der Waals surface area contributed by atoms with Crippen molar-refractivity contribution in [2.75, 3.05) is 0 Å². The first-order valence-electron chi connectivity index (χ1n) is 9.53. The van der Waals surface area contributed by atoms with E-state index in [1.54, 1.807) is 17.4 Å². The summed E-state index contributed by atoms with van der Waals surface area (Å²) in [6, 6.07) is 9.76. The van der Waals surface area contributed by atoms with Crippen molar-refractivity contribution in [3.8, 4) is 0 Å². The lowest BCUT2D eigenvalue weighted by Gasteiger charge is -2.17. The third-order valence-electron chi connectivity index (χ3n) is 4.92. The number of hydrogen-bond donors (Lipinski definition) is 1. The fourth-order valence-corrected chi connectivity index (χ4v) is 4.76. The van der Waals surface area contributed by atoms with Crippen molar-refractivity contribution in [3.63, 3.8) is 0 Å². The zero-order valence-corrected chi connectivity index (χ0v) is 16.9. The van der Waals surface area contributed by atoms with Gasteiger partial charge in [0.25, 0.3) is 11.5 Å². The van der Waals surface area contributed by atoms with Crippen LogP contribution in [0.25, 0.3) is 16.3 Å². The van der Waals surface area contributed by atoms with E-state index < -0.39 is 5.91 Å². The molecule has 3 aromatic rings. The molecule has 0 radical (unpaired) electrons. The quantitative estimate of drug-likeness (QED) is 0.520. The second-order valence-electron chi connectivity index (χ2n) is 7.17. The van der Waals surface area contributed by atoms with E-state index >= 15 is 0 Å². The summed E-state index contributed by atoms with van der Waals surface area (Å²) in [7, 11) is 0. The molecule has 1 amide bonds. The Bertz CT molecular complexity index is 1150. The van der Waals surface area contributed by atoms with E-state index in [0.717, 1.165) is 35.1 Å². The first-order chi connectivity index (χ1) is 14.1. The van der Waals surface area contributed by atoms with E-state index in [4.69, 9.17) is 0 Å². The summed E-state index contributed by atoms with van der Waals surface area (Å²) in [6.07, 6.45) is 8.00. The standard InChI is InChI=1S/C21H21N5O2S/c1-14-9-10-16-17(12-14)29-20-19(16)21(28)26(25-24-20)13-18(27)23-22-11-5-8-15-6-3-2-4-7-15/h2-8,11,14H,9-10,12-13H2,1H3,(H,23,27)/b8-5+,22-11-. The molecule has 1 N–H and O–H groups in total. The molecule has 0 aliphatic heterocycles. The lowest BCUT2D eigenvalue weighted by atomic mass is 9.89. The van der Waals surface area contributed by atoms with Gasteiger partial charge >= 0.3 is 0 Å². The fraction of sp³-hybridized carbons (Fsp3) is 0.286. The number of aryl methyl sites for hydroxylation is 1. The molecule has 2 heterocycles. The van der Waals surface area contributed by atoms with Gasteiger partial charge < -0.3 is 0 Å². The second-order valence-corrected chi connectivity index (χ2v) is 8.25. The Morgan fingerprint density at radius 1 is 1.38 bits per heavy atom. The highest BCUT2D eigenvalue weighted by Crippen LogP contribution is 2.35. The Kier molecular flexibility index (Phi) is 5.62. The molecule has 0 spiro atoms. The van der Waals surface area contributed by atoms with Crippen molar-refractivity contribution in [3.05, 3.63) is 62.8 Å². The van der Waals surface area contributed by atoms with E-state index in [0.29, 0.717) is 16.1 Å². The second kappa shape index (κ2) is 8.48. The molecule has 1 aliphatic rings. The molecule has 1 aliphatic carbocycles. The molecule has 0 bridgehead atoms. The van der Waals surface area contributed by atoms with Crippen molar-refractivity contribution in [2.24, 2.45) is 11.0 Å². The lowest BCUT2D eigenvalue weighted by Crippen LogP contribution is -2.32. The predicted octanol–water partition coefficient (Wildman–Crippen LogP) is 2.79. The minimum Gasteiger partial charge on any atom is -0.271 e. The topological polar surface area (TPSA) is 89.2 Å². The molecule has 1 atom stereocenters. The fourth-order valence-electron chi connectivity index (χ4n) is 3.44. The maximum Gasteiger partial charge on any atom is 0.279 e. The average molecular weight is 407 g/mol. The van der Waals surface area contributed by atoms with Gasteiger partial charge in [-0.2, -0.15) is 5.10 Å². The summed E-state index contributed by atoms with van der Waals surface area (Å²) in [6.45, 7) is 2.00. The van der Waals surface area contributed by atoms with E-state index in [1.165, 1.54) is 11.1 Å². The summed E-state index contributed by atoms with van der Waals surface area (Å²) >= 11 is 1.54. The molecule has 8 heteroatoms. The first-order valence-corrected chi connectivity index (χ1v) is 10.3. The number of hydrogen-bond acceptors (Lipinski definition) is 6. The number of nitrogens with zero attached hydrogens (tertiary/aromatic N) is 4. The lowest BCUT2D eigenvalue weighted by molar-refractivity contribution is -0.121. The number of nitrogens with one attached hydrogen (secondary N) is 1. The molecule has 0 saturated carbocycles. The Hall–Kier alpha value is -3.13. The molecule has 0 fully saturated rings. The molecule has 0 saturated heterocycles.